The summed E-state index contributed by atoms with van der Waals surface area (Å²) in [6.45, 7) is 5.73. The van der Waals surface area contributed by atoms with Crippen molar-refractivity contribution in [3.8, 4) is 0 Å². The quantitative estimate of drug-likeness (QED) is 0.490. The number of piperazine rings is 1. The highest BCUT2D eigenvalue weighted by Crippen LogP contribution is 2.34. The number of benzene rings is 2. The minimum absolute atomic E-state index is 0.392. The zero-order chi connectivity index (χ0) is 24.3. The van der Waals surface area contributed by atoms with Crippen LogP contribution >= 0.6 is 11.6 Å². The second kappa shape index (κ2) is 10.3. The van der Waals surface area contributed by atoms with Crippen LogP contribution in [0.2, 0.25) is 5.02 Å². The summed E-state index contributed by atoms with van der Waals surface area (Å²) < 4.78 is 46.2. The minimum Gasteiger partial charge on any atom is -0.383 e. The Morgan fingerprint density at radius 1 is 1.06 bits per heavy atom. The molecule has 2 heterocycles. The van der Waals surface area contributed by atoms with Crippen molar-refractivity contribution < 1.29 is 17.9 Å². The van der Waals surface area contributed by atoms with Crippen molar-refractivity contribution in [2.24, 2.45) is 0 Å². The van der Waals surface area contributed by atoms with Gasteiger partial charge in [-0.05, 0) is 52.7 Å². The van der Waals surface area contributed by atoms with Gasteiger partial charge in [-0.25, -0.2) is 4.68 Å². The Hall–Kier alpha value is -2.69. The van der Waals surface area contributed by atoms with E-state index >= 15 is 0 Å². The zero-order valence-electron chi connectivity index (χ0n) is 19.0. The van der Waals surface area contributed by atoms with Crippen molar-refractivity contribution in [3.63, 3.8) is 0 Å². The molecule has 0 saturated carbocycles. The predicted molar refractivity (Wildman–Crippen MR) is 123 cm³/mol. The molecule has 1 aliphatic heterocycles. The molecular formula is C23H26ClF3N6O. The Morgan fingerprint density at radius 2 is 1.76 bits per heavy atom. The summed E-state index contributed by atoms with van der Waals surface area (Å²) in [4.78, 5) is 4.48. The highest BCUT2D eigenvalue weighted by Gasteiger charge is 2.33. The van der Waals surface area contributed by atoms with Gasteiger partial charge in [-0.1, -0.05) is 29.8 Å². The molecular weight excluding hydrogens is 469 g/mol. The summed E-state index contributed by atoms with van der Waals surface area (Å²) in [5, 5.41) is 12.8. The van der Waals surface area contributed by atoms with Gasteiger partial charge < -0.3 is 9.64 Å². The fraction of sp³-hybridized carbons (Fsp3) is 0.435. The Bertz CT molecular complexity index is 1100. The van der Waals surface area contributed by atoms with Crippen molar-refractivity contribution in [1.82, 2.24) is 25.1 Å². The van der Waals surface area contributed by atoms with Crippen LogP contribution in [-0.4, -0.2) is 65.0 Å². The van der Waals surface area contributed by atoms with Crippen molar-refractivity contribution in [3.05, 3.63) is 70.0 Å². The summed E-state index contributed by atoms with van der Waals surface area (Å²) in [5.74, 6) is 0.573. The molecule has 11 heteroatoms. The normalized spacial score (nSPS) is 16.1. The van der Waals surface area contributed by atoms with E-state index in [4.69, 9.17) is 16.3 Å². The van der Waals surface area contributed by atoms with Crippen molar-refractivity contribution in [2.45, 2.75) is 25.7 Å². The molecule has 3 aromatic rings. The molecule has 7 nitrogen and oxygen atoms in total. The van der Waals surface area contributed by atoms with E-state index in [2.05, 4.69) is 25.3 Å². The first kappa shape index (κ1) is 24.4. The number of hydrogen-bond acceptors (Lipinski definition) is 6. The van der Waals surface area contributed by atoms with Gasteiger partial charge in [-0.3, -0.25) is 4.90 Å². The molecule has 1 saturated heterocycles. The molecule has 0 spiro atoms. The SMILES string of the molecule is COCCn1nnnc1[C@H](c1ccc(C(F)(F)F)cc1)N1CCN(c2cc(Cl)ccc2C)CC1. The van der Waals surface area contributed by atoms with E-state index in [1.807, 2.05) is 25.1 Å². The Morgan fingerprint density at radius 3 is 2.41 bits per heavy atom. The summed E-state index contributed by atoms with van der Waals surface area (Å²) >= 11 is 6.21. The molecule has 0 N–H and O–H groups in total. The summed E-state index contributed by atoms with van der Waals surface area (Å²) in [7, 11) is 1.59. The van der Waals surface area contributed by atoms with E-state index in [-0.39, 0.29) is 0 Å². The van der Waals surface area contributed by atoms with Gasteiger partial charge in [0.15, 0.2) is 5.82 Å². The van der Waals surface area contributed by atoms with Gasteiger partial charge in [-0.2, -0.15) is 13.2 Å². The van der Waals surface area contributed by atoms with E-state index in [0.717, 1.165) is 36.5 Å². The van der Waals surface area contributed by atoms with Gasteiger partial charge in [0.2, 0.25) is 0 Å². The minimum atomic E-state index is -4.39. The van der Waals surface area contributed by atoms with Crippen LogP contribution in [0, 0.1) is 6.92 Å². The maximum atomic E-state index is 13.1. The number of halogens is 4. The van der Waals surface area contributed by atoms with Gasteiger partial charge in [-0.15, -0.1) is 5.10 Å². The highest BCUT2D eigenvalue weighted by atomic mass is 35.5. The molecule has 1 aliphatic rings. The molecule has 1 atom stereocenters. The van der Waals surface area contributed by atoms with Crippen molar-refractivity contribution in [1.29, 1.82) is 0 Å². The van der Waals surface area contributed by atoms with Crippen LogP contribution in [0.3, 0.4) is 0 Å². The fourth-order valence-electron chi connectivity index (χ4n) is 4.27. The standard InChI is InChI=1S/C23H26ClF3N6O/c1-16-3-8-19(24)15-20(16)31-9-11-32(12-10-31)21(22-28-29-30-33(22)13-14-34-2)17-4-6-18(7-5-17)23(25,26)27/h3-8,15,21H,9-14H2,1-2H3/t21-/m0/s1. The second-order valence-corrected chi connectivity index (χ2v) is 8.67. The van der Waals surface area contributed by atoms with Crippen LogP contribution in [0.1, 0.15) is 28.6 Å². The number of tetrazole rings is 1. The van der Waals surface area contributed by atoms with Gasteiger partial charge in [0.1, 0.15) is 0 Å². The van der Waals surface area contributed by atoms with Gasteiger partial charge in [0, 0.05) is 44.0 Å². The third kappa shape index (κ3) is 5.34. The molecule has 0 radical (unpaired) electrons. The number of rotatable bonds is 7. The van der Waals surface area contributed by atoms with E-state index in [0.29, 0.717) is 42.7 Å². The molecule has 1 fully saturated rings. The van der Waals surface area contributed by atoms with Crippen LogP contribution in [0.25, 0.3) is 0 Å². The number of hydrogen-bond donors (Lipinski definition) is 0. The van der Waals surface area contributed by atoms with Gasteiger partial charge in [0.05, 0.1) is 24.8 Å². The van der Waals surface area contributed by atoms with Crippen LogP contribution in [0.4, 0.5) is 18.9 Å². The van der Waals surface area contributed by atoms with Crippen molar-refractivity contribution >= 4 is 17.3 Å². The summed E-state index contributed by atoms with van der Waals surface area (Å²) in [5.41, 5.74) is 2.24. The Balaban J connectivity index is 1.62. The first-order valence-corrected chi connectivity index (χ1v) is 11.3. The highest BCUT2D eigenvalue weighted by molar-refractivity contribution is 6.30. The lowest BCUT2D eigenvalue weighted by atomic mass is 10.0. The lowest BCUT2D eigenvalue weighted by molar-refractivity contribution is -0.137. The number of nitrogens with zero attached hydrogens (tertiary/aromatic N) is 6. The Labute approximate surface area is 201 Å². The van der Waals surface area contributed by atoms with E-state index in [1.165, 1.54) is 12.1 Å². The molecule has 34 heavy (non-hydrogen) atoms. The third-order valence-electron chi connectivity index (χ3n) is 6.06. The first-order chi connectivity index (χ1) is 16.3. The van der Waals surface area contributed by atoms with Crippen molar-refractivity contribution in [2.75, 3.05) is 44.8 Å². The maximum Gasteiger partial charge on any atom is 0.416 e. The average molecular weight is 495 g/mol. The molecule has 0 amide bonds. The lowest BCUT2D eigenvalue weighted by Gasteiger charge is -2.40. The maximum absolute atomic E-state index is 13.1. The molecule has 0 aliphatic carbocycles. The predicted octanol–water partition coefficient (Wildman–Crippen LogP) is 4.21. The average Bonchev–Trinajstić information content (AvgIpc) is 3.28. The van der Waals surface area contributed by atoms with E-state index < -0.39 is 17.8 Å². The molecule has 182 valence electrons. The van der Waals surface area contributed by atoms with Crippen LogP contribution in [0.15, 0.2) is 42.5 Å². The molecule has 1 aromatic heterocycles. The number of aryl methyl sites for hydroxylation is 1. The van der Waals surface area contributed by atoms with Gasteiger partial charge in [0.25, 0.3) is 0 Å². The summed E-state index contributed by atoms with van der Waals surface area (Å²) in [6, 6.07) is 10.7. The van der Waals surface area contributed by atoms with Crippen LogP contribution in [-0.2, 0) is 17.5 Å². The van der Waals surface area contributed by atoms with E-state index in [1.54, 1.807) is 11.8 Å². The number of aromatic nitrogens is 4. The Kier molecular flexibility index (Phi) is 7.39. The first-order valence-electron chi connectivity index (χ1n) is 10.9. The second-order valence-electron chi connectivity index (χ2n) is 8.23. The van der Waals surface area contributed by atoms with Crippen LogP contribution in [0.5, 0.6) is 0 Å². The molecule has 2 aromatic carbocycles. The van der Waals surface area contributed by atoms with Gasteiger partial charge >= 0.3 is 6.18 Å². The number of ether oxygens (including phenoxy) is 1. The monoisotopic (exact) mass is 494 g/mol. The summed E-state index contributed by atoms with van der Waals surface area (Å²) in [6.07, 6.45) is -4.39. The fourth-order valence-corrected chi connectivity index (χ4v) is 4.43. The third-order valence-corrected chi connectivity index (χ3v) is 6.29. The smallest absolute Gasteiger partial charge is 0.383 e. The zero-order valence-corrected chi connectivity index (χ0v) is 19.7. The van der Waals surface area contributed by atoms with E-state index in [9.17, 15) is 13.2 Å². The topological polar surface area (TPSA) is 59.3 Å². The molecule has 4 rings (SSSR count). The number of alkyl halides is 3. The number of methoxy groups -OCH3 is 1. The molecule has 0 unspecified atom stereocenters. The van der Waals surface area contributed by atoms with Crippen LogP contribution < -0.4 is 4.90 Å². The lowest BCUT2D eigenvalue weighted by Crippen LogP contribution is -2.48. The molecule has 0 bridgehead atoms. The largest absolute Gasteiger partial charge is 0.416 e. The number of anilines is 1.